The number of likely N-dealkylation sites (tertiary alicyclic amines) is 1. The molecule has 0 unspecified atom stereocenters. The summed E-state index contributed by atoms with van der Waals surface area (Å²) in [5.74, 6) is 0.528. The minimum Gasteiger partial charge on any atom is -0.479 e. The monoisotopic (exact) mass is 412 g/mol. The molecule has 150 valence electrons. The zero-order valence-electron chi connectivity index (χ0n) is 16.0. The summed E-state index contributed by atoms with van der Waals surface area (Å²) in [5, 5.41) is 14.7. The Balaban J connectivity index is 1.83. The third kappa shape index (κ3) is 3.78. The molecule has 1 amide bonds. The SMILES string of the molecule is COc1nn(C2CCN(C(=O)O)CC2)c(-c2ccncc2)c1-c1ccc(Cl)cc1. The normalized spacial score (nSPS) is 14.8. The van der Waals surface area contributed by atoms with Gasteiger partial charge in [-0.05, 0) is 42.7 Å². The van der Waals surface area contributed by atoms with Gasteiger partial charge in [-0.2, -0.15) is 0 Å². The van der Waals surface area contributed by atoms with Gasteiger partial charge in [0.05, 0.1) is 24.4 Å². The average Bonchev–Trinajstić information content (AvgIpc) is 3.14. The Morgan fingerprint density at radius 1 is 1.10 bits per heavy atom. The zero-order valence-corrected chi connectivity index (χ0v) is 16.7. The number of nitrogens with zero attached hydrogens (tertiary/aromatic N) is 4. The molecule has 7 nitrogen and oxygen atoms in total. The molecular weight excluding hydrogens is 392 g/mol. The fourth-order valence-electron chi connectivity index (χ4n) is 3.79. The number of methoxy groups -OCH3 is 1. The molecule has 1 fully saturated rings. The molecule has 2 aromatic heterocycles. The fraction of sp³-hybridized carbons (Fsp3) is 0.286. The molecule has 0 spiro atoms. The molecule has 0 radical (unpaired) electrons. The van der Waals surface area contributed by atoms with Gasteiger partial charge in [-0.15, -0.1) is 5.10 Å². The van der Waals surface area contributed by atoms with Crippen LogP contribution in [0.3, 0.4) is 0 Å². The summed E-state index contributed by atoms with van der Waals surface area (Å²) >= 11 is 6.08. The number of benzene rings is 1. The van der Waals surface area contributed by atoms with E-state index in [2.05, 4.69) is 4.98 Å². The van der Waals surface area contributed by atoms with Crippen molar-refractivity contribution < 1.29 is 14.6 Å². The highest BCUT2D eigenvalue weighted by molar-refractivity contribution is 6.30. The Morgan fingerprint density at radius 3 is 2.34 bits per heavy atom. The summed E-state index contributed by atoms with van der Waals surface area (Å²) in [4.78, 5) is 16.8. The molecule has 29 heavy (non-hydrogen) atoms. The molecule has 8 heteroatoms. The molecule has 0 aliphatic carbocycles. The van der Waals surface area contributed by atoms with E-state index < -0.39 is 6.09 Å². The summed E-state index contributed by atoms with van der Waals surface area (Å²) in [7, 11) is 1.61. The quantitative estimate of drug-likeness (QED) is 0.677. The number of carbonyl (C=O) groups is 1. The second kappa shape index (κ2) is 8.13. The first-order valence-corrected chi connectivity index (χ1v) is 9.77. The van der Waals surface area contributed by atoms with E-state index in [1.807, 2.05) is 41.1 Å². The molecule has 0 atom stereocenters. The van der Waals surface area contributed by atoms with Crippen LogP contribution in [0.1, 0.15) is 18.9 Å². The van der Waals surface area contributed by atoms with Gasteiger partial charge in [0.2, 0.25) is 5.88 Å². The van der Waals surface area contributed by atoms with Crippen molar-refractivity contribution in [3.05, 3.63) is 53.8 Å². The maximum atomic E-state index is 11.3. The predicted molar refractivity (Wildman–Crippen MR) is 110 cm³/mol. The molecule has 1 saturated heterocycles. The molecule has 0 bridgehead atoms. The summed E-state index contributed by atoms with van der Waals surface area (Å²) in [5.41, 5.74) is 3.74. The molecule has 1 aliphatic rings. The summed E-state index contributed by atoms with van der Waals surface area (Å²) in [6, 6.07) is 11.5. The first-order valence-electron chi connectivity index (χ1n) is 9.39. The van der Waals surface area contributed by atoms with Gasteiger partial charge < -0.3 is 14.7 Å². The smallest absolute Gasteiger partial charge is 0.407 e. The number of pyridine rings is 1. The van der Waals surface area contributed by atoms with Crippen molar-refractivity contribution in [3.8, 4) is 28.3 Å². The zero-order chi connectivity index (χ0) is 20.4. The summed E-state index contributed by atoms with van der Waals surface area (Å²) < 4.78 is 7.62. The molecule has 0 saturated carbocycles. The summed E-state index contributed by atoms with van der Waals surface area (Å²) in [6.45, 7) is 0.961. The lowest BCUT2D eigenvalue weighted by atomic mass is 9.99. The Kier molecular flexibility index (Phi) is 5.40. The van der Waals surface area contributed by atoms with Gasteiger partial charge in [-0.3, -0.25) is 9.67 Å². The van der Waals surface area contributed by atoms with E-state index in [-0.39, 0.29) is 6.04 Å². The van der Waals surface area contributed by atoms with E-state index in [9.17, 15) is 9.90 Å². The first kappa shape index (κ1) is 19.3. The molecule has 4 rings (SSSR count). The van der Waals surface area contributed by atoms with Gasteiger partial charge in [0.15, 0.2) is 0 Å². The number of carboxylic acid groups (broad SMARTS) is 1. The van der Waals surface area contributed by atoms with E-state index in [0.717, 1.165) is 22.4 Å². The number of rotatable bonds is 4. The van der Waals surface area contributed by atoms with Crippen LogP contribution in [0, 0.1) is 0 Å². The van der Waals surface area contributed by atoms with Gasteiger partial charge in [0, 0.05) is 36.1 Å². The van der Waals surface area contributed by atoms with Crippen LogP contribution in [0.2, 0.25) is 5.02 Å². The van der Waals surface area contributed by atoms with Gasteiger partial charge in [-0.1, -0.05) is 23.7 Å². The number of hydrogen-bond donors (Lipinski definition) is 1. The fourth-order valence-corrected chi connectivity index (χ4v) is 3.91. The highest BCUT2D eigenvalue weighted by Crippen LogP contribution is 2.42. The van der Waals surface area contributed by atoms with Crippen LogP contribution in [0.25, 0.3) is 22.4 Å². The topological polar surface area (TPSA) is 80.5 Å². The number of halogens is 1. The molecule has 1 aromatic carbocycles. The molecule has 1 N–H and O–H groups in total. The molecule has 1 aliphatic heterocycles. The third-order valence-corrected chi connectivity index (χ3v) is 5.49. The number of aromatic nitrogens is 3. The van der Waals surface area contributed by atoms with Crippen molar-refractivity contribution in [3.63, 3.8) is 0 Å². The number of amides is 1. The largest absolute Gasteiger partial charge is 0.479 e. The highest BCUT2D eigenvalue weighted by Gasteiger charge is 2.29. The number of piperidine rings is 1. The molecule has 3 aromatic rings. The van der Waals surface area contributed by atoms with Gasteiger partial charge in [0.25, 0.3) is 0 Å². The summed E-state index contributed by atoms with van der Waals surface area (Å²) in [6.07, 6.45) is 4.00. The van der Waals surface area contributed by atoms with Crippen LogP contribution in [-0.4, -0.2) is 51.1 Å². The minimum absolute atomic E-state index is 0.0729. The van der Waals surface area contributed by atoms with Crippen LogP contribution in [0.15, 0.2) is 48.8 Å². The second-order valence-corrected chi connectivity index (χ2v) is 7.36. The number of hydrogen-bond acceptors (Lipinski definition) is 4. The lowest BCUT2D eigenvalue weighted by Gasteiger charge is -2.31. The van der Waals surface area contributed by atoms with Crippen LogP contribution < -0.4 is 4.74 Å². The van der Waals surface area contributed by atoms with Gasteiger partial charge >= 0.3 is 6.09 Å². The van der Waals surface area contributed by atoms with Crippen molar-refractivity contribution in [2.24, 2.45) is 0 Å². The van der Waals surface area contributed by atoms with Gasteiger partial charge in [0.1, 0.15) is 0 Å². The first-order chi connectivity index (χ1) is 14.1. The van der Waals surface area contributed by atoms with Crippen molar-refractivity contribution in [2.45, 2.75) is 18.9 Å². The van der Waals surface area contributed by atoms with Crippen molar-refractivity contribution in [2.75, 3.05) is 20.2 Å². The highest BCUT2D eigenvalue weighted by atomic mass is 35.5. The van der Waals surface area contributed by atoms with Crippen LogP contribution >= 0.6 is 11.6 Å². The molecule has 3 heterocycles. The van der Waals surface area contributed by atoms with E-state index in [1.165, 1.54) is 4.90 Å². The average molecular weight is 413 g/mol. The second-order valence-electron chi connectivity index (χ2n) is 6.92. The Labute approximate surface area is 173 Å². The lowest BCUT2D eigenvalue weighted by molar-refractivity contribution is 0.124. The van der Waals surface area contributed by atoms with Crippen LogP contribution in [-0.2, 0) is 0 Å². The minimum atomic E-state index is -0.877. The van der Waals surface area contributed by atoms with Crippen molar-refractivity contribution in [1.82, 2.24) is 19.7 Å². The maximum Gasteiger partial charge on any atom is 0.407 e. The predicted octanol–water partition coefficient (Wildman–Crippen LogP) is 4.59. The van der Waals surface area contributed by atoms with Crippen molar-refractivity contribution in [1.29, 1.82) is 0 Å². The van der Waals surface area contributed by atoms with E-state index >= 15 is 0 Å². The van der Waals surface area contributed by atoms with E-state index in [0.29, 0.717) is 36.8 Å². The Bertz CT molecular complexity index is 997. The standard InChI is InChI=1S/C21H21ClN4O3/c1-29-20-18(14-2-4-16(22)5-3-14)19(15-6-10-23-11-7-15)26(24-20)17-8-12-25(13-9-17)21(27)28/h2-7,10-11,17H,8-9,12-13H2,1H3,(H,27,28). The van der Waals surface area contributed by atoms with E-state index in [1.54, 1.807) is 19.5 Å². The Hall–Kier alpha value is -3.06. The molecular formula is C21H21ClN4O3. The lowest BCUT2D eigenvalue weighted by Crippen LogP contribution is -2.38. The van der Waals surface area contributed by atoms with Crippen LogP contribution in [0.4, 0.5) is 4.79 Å². The van der Waals surface area contributed by atoms with Gasteiger partial charge in [-0.25, -0.2) is 4.79 Å². The Morgan fingerprint density at radius 2 is 1.76 bits per heavy atom. The van der Waals surface area contributed by atoms with Crippen molar-refractivity contribution >= 4 is 17.7 Å². The third-order valence-electron chi connectivity index (χ3n) is 5.24. The number of ether oxygens (including phenoxy) is 1. The maximum absolute atomic E-state index is 11.3. The van der Waals surface area contributed by atoms with Crippen LogP contribution in [0.5, 0.6) is 5.88 Å². The van der Waals surface area contributed by atoms with E-state index in [4.69, 9.17) is 21.4 Å².